The Balaban J connectivity index is 1.81. The van der Waals surface area contributed by atoms with E-state index >= 15 is 0 Å². The third-order valence-corrected chi connectivity index (χ3v) is 4.08. The van der Waals surface area contributed by atoms with Gasteiger partial charge in [-0.25, -0.2) is 0 Å². The minimum Gasteiger partial charge on any atom is -0.299 e. The third kappa shape index (κ3) is 1.75. The van der Waals surface area contributed by atoms with Gasteiger partial charge in [-0.05, 0) is 25.0 Å². The van der Waals surface area contributed by atoms with Crippen molar-refractivity contribution in [3.05, 3.63) is 30.0 Å². The SMILES string of the molecule is CC[C@H](C)N1CC(c2cccc3[nH]ncc23)C1. The van der Waals surface area contributed by atoms with Crippen LogP contribution in [0.1, 0.15) is 31.7 Å². The number of aromatic amines is 1. The van der Waals surface area contributed by atoms with Gasteiger partial charge in [-0.1, -0.05) is 19.1 Å². The quantitative estimate of drug-likeness (QED) is 0.877. The van der Waals surface area contributed by atoms with Crippen LogP contribution in [-0.4, -0.2) is 34.2 Å². The molecule has 0 aliphatic carbocycles. The first-order valence-electron chi connectivity index (χ1n) is 6.45. The normalized spacial score (nSPS) is 19.4. The molecular weight excluding hydrogens is 210 g/mol. The molecule has 90 valence electrons. The molecule has 3 rings (SSSR count). The summed E-state index contributed by atoms with van der Waals surface area (Å²) in [5, 5.41) is 8.47. The molecule has 0 radical (unpaired) electrons. The average Bonchev–Trinajstić information content (AvgIpc) is 2.75. The standard InChI is InChI=1S/C14H19N3/c1-3-10(2)17-8-11(9-17)12-5-4-6-14-13(12)7-15-16-14/h4-7,10-11H,3,8-9H2,1-2H3,(H,15,16)/t10-/m0/s1. The van der Waals surface area contributed by atoms with Crippen LogP contribution in [0.15, 0.2) is 24.4 Å². The maximum atomic E-state index is 4.13. The molecule has 17 heavy (non-hydrogen) atoms. The van der Waals surface area contributed by atoms with Crippen molar-refractivity contribution < 1.29 is 0 Å². The predicted molar refractivity (Wildman–Crippen MR) is 70.2 cm³/mol. The minimum atomic E-state index is 0.685. The van der Waals surface area contributed by atoms with E-state index in [1.165, 1.54) is 30.5 Å². The molecule has 2 heterocycles. The van der Waals surface area contributed by atoms with E-state index in [0.717, 1.165) is 11.6 Å². The number of rotatable bonds is 3. The van der Waals surface area contributed by atoms with Crippen molar-refractivity contribution in [3.63, 3.8) is 0 Å². The van der Waals surface area contributed by atoms with Crippen molar-refractivity contribution in [2.24, 2.45) is 0 Å². The van der Waals surface area contributed by atoms with E-state index in [1.807, 2.05) is 6.20 Å². The lowest BCUT2D eigenvalue weighted by molar-refractivity contribution is 0.0988. The Labute approximate surface area is 102 Å². The van der Waals surface area contributed by atoms with Gasteiger partial charge in [0.1, 0.15) is 0 Å². The van der Waals surface area contributed by atoms with Crippen LogP contribution < -0.4 is 0 Å². The van der Waals surface area contributed by atoms with Crippen LogP contribution in [0.3, 0.4) is 0 Å². The molecule has 0 saturated carbocycles. The Morgan fingerprint density at radius 3 is 3.06 bits per heavy atom. The van der Waals surface area contributed by atoms with Gasteiger partial charge < -0.3 is 0 Å². The highest BCUT2D eigenvalue weighted by Gasteiger charge is 2.31. The fraction of sp³-hybridized carbons (Fsp3) is 0.500. The van der Waals surface area contributed by atoms with E-state index in [9.17, 15) is 0 Å². The summed E-state index contributed by atoms with van der Waals surface area (Å²) in [4.78, 5) is 2.56. The molecule has 1 saturated heterocycles. The highest BCUT2D eigenvalue weighted by atomic mass is 15.2. The maximum Gasteiger partial charge on any atom is 0.0653 e. The smallest absolute Gasteiger partial charge is 0.0653 e. The summed E-state index contributed by atoms with van der Waals surface area (Å²) in [7, 11) is 0. The van der Waals surface area contributed by atoms with Crippen LogP contribution >= 0.6 is 0 Å². The van der Waals surface area contributed by atoms with Crippen molar-refractivity contribution in [2.45, 2.75) is 32.2 Å². The van der Waals surface area contributed by atoms with Crippen LogP contribution in [0, 0.1) is 0 Å². The summed E-state index contributed by atoms with van der Waals surface area (Å²) in [6, 6.07) is 7.18. The molecule has 3 heteroatoms. The van der Waals surface area contributed by atoms with Gasteiger partial charge in [0.2, 0.25) is 0 Å². The number of benzene rings is 1. The molecule has 2 aromatic rings. The molecule has 0 bridgehead atoms. The Bertz CT molecular complexity index is 511. The van der Waals surface area contributed by atoms with Gasteiger partial charge in [-0.15, -0.1) is 0 Å². The molecule has 1 aromatic carbocycles. The lowest BCUT2D eigenvalue weighted by Crippen LogP contribution is -2.49. The van der Waals surface area contributed by atoms with Crippen molar-refractivity contribution in [3.8, 4) is 0 Å². The zero-order valence-corrected chi connectivity index (χ0v) is 10.5. The van der Waals surface area contributed by atoms with E-state index in [4.69, 9.17) is 0 Å². The molecule has 1 aromatic heterocycles. The second-order valence-corrected chi connectivity index (χ2v) is 5.09. The van der Waals surface area contributed by atoms with Gasteiger partial charge in [0.15, 0.2) is 0 Å². The molecule has 0 spiro atoms. The maximum absolute atomic E-state index is 4.13. The lowest BCUT2D eigenvalue weighted by Gasteiger charge is -2.43. The lowest BCUT2D eigenvalue weighted by atomic mass is 9.88. The summed E-state index contributed by atoms with van der Waals surface area (Å²) in [6.45, 7) is 6.96. The highest BCUT2D eigenvalue weighted by Crippen LogP contribution is 2.33. The molecule has 0 unspecified atom stereocenters. The van der Waals surface area contributed by atoms with Crippen LogP contribution in [-0.2, 0) is 0 Å². The van der Waals surface area contributed by atoms with E-state index < -0.39 is 0 Å². The van der Waals surface area contributed by atoms with Crippen molar-refractivity contribution >= 4 is 10.9 Å². The number of hydrogen-bond acceptors (Lipinski definition) is 2. The topological polar surface area (TPSA) is 31.9 Å². The predicted octanol–water partition coefficient (Wildman–Crippen LogP) is 2.76. The summed E-state index contributed by atoms with van der Waals surface area (Å²) >= 11 is 0. The molecular formula is C14H19N3. The van der Waals surface area contributed by atoms with Gasteiger partial charge in [0.25, 0.3) is 0 Å². The number of likely N-dealkylation sites (tertiary alicyclic amines) is 1. The number of H-pyrrole nitrogens is 1. The van der Waals surface area contributed by atoms with Crippen LogP contribution in [0.2, 0.25) is 0 Å². The fourth-order valence-electron chi connectivity index (χ4n) is 2.67. The first-order chi connectivity index (χ1) is 8.29. The monoisotopic (exact) mass is 229 g/mol. The average molecular weight is 229 g/mol. The van der Waals surface area contributed by atoms with E-state index in [0.29, 0.717) is 5.92 Å². The molecule has 1 aliphatic rings. The molecule has 1 aliphatic heterocycles. The second-order valence-electron chi connectivity index (χ2n) is 5.09. The van der Waals surface area contributed by atoms with Gasteiger partial charge in [-0.3, -0.25) is 10.00 Å². The number of hydrogen-bond donors (Lipinski definition) is 1. The highest BCUT2D eigenvalue weighted by molar-refractivity contribution is 5.82. The summed E-state index contributed by atoms with van der Waals surface area (Å²) < 4.78 is 0. The van der Waals surface area contributed by atoms with E-state index in [2.05, 4.69) is 47.1 Å². The van der Waals surface area contributed by atoms with Gasteiger partial charge in [0.05, 0.1) is 11.7 Å². The largest absolute Gasteiger partial charge is 0.299 e. The number of nitrogens with one attached hydrogen (secondary N) is 1. The summed E-state index contributed by atoms with van der Waals surface area (Å²) in [5.74, 6) is 0.685. The number of fused-ring (bicyclic) bond motifs is 1. The number of nitrogens with zero attached hydrogens (tertiary/aromatic N) is 2. The summed E-state index contributed by atoms with van der Waals surface area (Å²) in [6.07, 6.45) is 3.19. The van der Waals surface area contributed by atoms with Crippen molar-refractivity contribution in [1.29, 1.82) is 0 Å². The van der Waals surface area contributed by atoms with Gasteiger partial charge in [-0.2, -0.15) is 5.10 Å². The van der Waals surface area contributed by atoms with E-state index in [1.54, 1.807) is 0 Å². The second kappa shape index (κ2) is 4.15. The van der Waals surface area contributed by atoms with E-state index in [-0.39, 0.29) is 0 Å². The van der Waals surface area contributed by atoms with Gasteiger partial charge in [0, 0.05) is 30.4 Å². The minimum absolute atomic E-state index is 0.685. The first-order valence-corrected chi connectivity index (χ1v) is 6.45. The first kappa shape index (κ1) is 10.8. The molecule has 1 atom stereocenters. The molecule has 3 nitrogen and oxygen atoms in total. The Hall–Kier alpha value is -1.35. The van der Waals surface area contributed by atoms with Crippen molar-refractivity contribution in [2.75, 3.05) is 13.1 Å². The number of aromatic nitrogens is 2. The zero-order valence-electron chi connectivity index (χ0n) is 10.5. The summed E-state index contributed by atoms with van der Waals surface area (Å²) in [5.41, 5.74) is 2.61. The Kier molecular flexibility index (Phi) is 2.63. The molecule has 0 amide bonds. The Morgan fingerprint density at radius 2 is 2.29 bits per heavy atom. The van der Waals surface area contributed by atoms with Crippen molar-refractivity contribution in [1.82, 2.24) is 15.1 Å². The molecule has 1 fully saturated rings. The van der Waals surface area contributed by atoms with Gasteiger partial charge >= 0.3 is 0 Å². The van der Waals surface area contributed by atoms with Crippen LogP contribution in [0.4, 0.5) is 0 Å². The third-order valence-electron chi connectivity index (χ3n) is 4.08. The fourth-order valence-corrected chi connectivity index (χ4v) is 2.67. The Morgan fingerprint density at radius 1 is 1.47 bits per heavy atom. The zero-order chi connectivity index (χ0) is 11.8. The van der Waals surface area contributed by atoms with Crippen LogP contribution in [0.25, 0.3) is 10.9 Å². The van der Waals surface area contributed by atoms with Crippen LogP contribution in [0.5, 0.6) is 0 Å². The molecule has 1 N–H and O–H groups in total.